The quantitative estimate of drug-likeness (QED) is 0.260. The average molecular weight is 577 g/mol. The monoisotopic (exact) mass is 576 g/mol. The maximum Gasteiger partial charge on any atom is 0.432 e. The van der Waals surface area contributed by atoms with E-state index in [4.69, 9.17) is 14.2 Å². The zero-order valence-electron chi connectivity index (χ0n) is 21.9. The molecule has 2 unspecified atom stereocenters. The summed E-state index contributed by atoms with van der Waals surface area (Å²) in [5.74, 6) is -8.06. The van der Waals surface area contributed by atoms with Gasteiger partial charge in [0.1, 0.15) is 22.9 Å². The van der Waals surface area contributed by atoms with Crippen LogP contribution < -0.4 is 4.74 Å². The fourth-order valence-electron chi connectivity index (χ4n) is 6.02. The summed E-state index contributed by atoms with van der Waals surface area (Å²) in [6.07, 6.45) is 1.01. The van der Waals surface area contributed by atoms with Crippen LogP contribution in [0, 0.1) is 52.8 Å². The van der Waals surface area contributed by atoms with E-state index in [1.807, 2.05) is 0 Å². The molecule has 2 aliphatic heterocycles. The Bertz CT molecular complexity index is 1140. The second kappa shape index (κ2) is 11.9. The standard InChI is InChI=1S/C29H31F7O4/c1-15-2-4-16(5-3-15)17-6-7-25(37-12-17)19-13-38-28(39-14-19)18-8-21(30)26(22(31)9-18)29(35,36)40-20-10-23(32)27(34)24(33)11-20/h8-11,15-17,19,25,28H,2-7,12-14H2,1H3. The highest BCUT2D eigenvalue weighted by molar-refractivity contribution is 5.32. The van der Waals surface area contributed by atoms with Crippen LogP contribution >= 0.6 is 0 Å². The predicted octanol–water partition coefficient (Wildman–Crippen LogP) is 7.79. The smallest absolute Gasteiger partial charge is 0.429 e. The largest absolute Gasteiger partial charge is 0.432 e. The second-order valence-corrected chi connectivity index (χ2v) is 11.2. The van der Waals surface area contributed by atoms with Gasteiger partial charge in [-0.05, 0) is 55.6 Å². The van der Waals surface area contributed by atoms with Gasteiger partial charge in [0.2, 0.25) is 0 Å². The lowest BCUT2D eigenvalue weighted by molar-refractivity contribution is -0.228. The molecule has 0 spiro atoms. The first kappa shape index (κ1) is 29.1. The van der Waals surface area contributed by atoms with E-state index in [0.29, 0.717) is 30.6 Å². The third-order valence-corrected chi connectivity index (χ3v) is 8.35. The van der Waals surface area contributed by atoms with Crippen LogP contribution in [0.1, 0.15) is 62.9 Å². The zero-order chi connectivity index (χ0) is 28.6. The first-order valence-corrected chi connectivity index (χ1v) is 13.6. The predicted molar refractivity (Wildman–Crippen MR) is 129 cm³/mol. The summed E-state index contributed by atoms with van der Waals surface area (Å²) >= 11 is 0. The summed E-state index contributed by atoms with van der Waals surface area (Å²) in [5, 5.41) is 0. The molecule has 2 aromatic rings. The van der Waals surface area contributed by atoms with Crippen molar-refractivity contribution >= 4 is 0 Å². The number of hydrogen-bond acceptors (Lipinski definition) is 4. The molecule has 3 aliphatic rings. The minimum atomic E-state index is -4.67. The van der Waals surface area contributed by atoms with Crippen molar-refractivity contribution in [3.63, 3.8) is 0 Å². The van der Waals surface area contributed by atoms with E-state index < -0.39 is 52.8 Å². The van der Waals surface area contributed by atoms with Crippen molar-refractivity contribution in [2.24, 2.45) is 23.7 Å². The van der Waals surface area contributed by atoms with Gasteiger partial charge in [0, 0.05) is 23.6 Å². The summed E-state index contributed by atoms with van der Waals surface area (Å²) in [4.78, 5) is 0. The van der Waals surface area contributed by atoms with Crippen molar-refractivity contribution in [1.82, 2.24) is 0 Å². The van der Waals surface area contributed by atoms with Crippen molar-refractivity contribution in [1.29, 1.82) is 0 Å². The Kier molecular flexibility index (Phi) is 8.63. The van der Waals surface area contributed by atoms with Crippen LogP contribution in [0.25, 0.3) is 0 Å². The van der Waals surface area contributed by atoms with E-state index in [1.165, 1.54) is 25.7 Å². The maximum absolute atomic E-state index is 14.7. The molecule has 1 saturated carbocycles. The van der Waals surface area contributed by atoms with E-state index in [1.54, 1.807) is 0 Å². The molecular weight excluding hydrogens is 545 g/mol. The van der Waals surface area contributed by atoms with Gasteiger partial charge in [-0.15, -0.1) is 0 Å². The summed E-state index contributed by atoms with van der Waals surface area (Å²) < 4.78 is 120. The van der Waals surface area contributed by atoms with E-state index in [2.05, 4.69) is 11.7 Å². The minimum Gasteiger partial charge on any atom is -0.429 e. The van der Waals surface area contributed by atoms with Crippen LogP contribution in [0.4, 0.5) is 30.7 Å². The molecule has 0 aromatic heterocycles. The summed E-state index contributed by atoms with van der Waals surface area (Å²) in [6, 6.07) is 1.53. The van der Waals surface area contributed by atoms with Gasteiger partial charge >= 0.3 is 6.11 Å². The topological polar surface area (TPSA) is 36.9 Å². The maximum atomic E-state index is 14.7. The lowest BCUT2D eigenvalue weighted by Gasteiger charge is -2.41. The molecule has 5 rings (SSSR count). The fraction of sp³-hybridized carbons (Fsp3) is 0.586. The van der Waals surface area contributed by atoms with Crippen LogP contribution in [0.2, 0.25) is 0 Å². The number of halogens is 7. The molecule has 1 aliphatic carbocycles. The van der Waals surface area contributed by atoms with Crippen LogP contribution in [0.15, 0.2) is 24.3 Å². The van der Waals surface area contributed by atoms with Gasteiger partial charge in [0.25, 0.3) is 0 Å². The molecule has 220 valence electrons. The van der Waals surface area contributed by atoms with Gasteiger partial charge in [0.05, 0.1) is 25.9 Å². The van der Waals surface area contributed by atoms with Gasteiger partial charge in [-0.3, -0.25) is 0 Å². The molecule has 0 radical (unpaired) electrons. The van der Waals surface area contributed by atoms with Crippen molar-refractivity contribution < 1.29 is 49.7 Å². The molecule has 2 heterocycles. The third-order valence-electron chi connectivity index (χ3n) is 8.35. The van der Waals surface area contributed by atoms with Crippen LogP contribution in [-0.4, -0.2) is 25.9 Å². The number of hydrogen-bond donors (Lipinski definition) is 0. The second-order valence-electron chi connectivity index (χ2n) is 11.2. The molecule has 0 amide bonds. The van der Waals surface area contributed by atoms with Gasteiger partial charge in [0.15, 0.2) is 23.7 Å². The Morgan fingerprint density at radius 3 is 1.77 bits per heavy atom. The molecule has 11 heteroatoms. The number of rotatable bonds is 6. The van der Waals surface area contributed by atoms with Crippen LogP contribution in [0.5, 0.6) is 5.75 Å². The fourth-order valence-corrected chi connectivity index (χ4v) is 6.02. The molecule has 0 N–H and O–H groups in total. The summed E-state index contributed by atoms with van der Waals surface area (Å²) in [6.45, 7) is 3.39. The highest BCUT2D eigenvalue weighted by Gasteiger charge is 2.42. The SMILES string of the molecule is CC1CCC(C2CCC(C3COC(c4cc(F)c(C(F)(F)Oc5cc(F)c(F)c(F)c5)c(F)c4)OC3)OC2)CC1. The van der Waals surface area contributed by atoms with E-state index in [-0.39, 0.29) is 42.9 Å². The summed E-state index contributed by atoms with van der Waals surface area (Å²) in [5.41, 5.74) is -1.95. The third kappa shape index (κ3) is 6.26. The normalized spacial score (nSPS) is 29.8. The Balaban J connectivity index is 1.18. The van der Waals surface area contributed by atoms with Gasteiger partial charge in [-0.1, -0.05) is 19.8 Å². The van der Waals surface area contributed by atoms with Gasteiger partial charge < -0.3 is 18.9 Å². The van der Waals surface area contributed by atoms with Gasteiger partial charge in [-0.25, -0.2) is 22.0 Å². The highest BCUT2D eigenvalue weighted by atomic mass is 19.3. The first-order valence-electron chi connectivity index (χ1n) is 13.6. The van der Waals surface area contributed by atoms with Crippen molar-refractivity contribution in [2.45, 2.75) is 64.0 Å². The minimum absolute atomic E-state index is 0.0625. The molecule has 0 bridgehead atoms. The molecule has 3 fully saturated rings. The lowest BCUT2D eigenvalue weighted by Crippen LogP contribution is -2.41. The molecule has 40 heavy (non-hydrogen) atoms. The lowest BCUT2D eigenvalue weighted by atomic mass is 9.74. The summed E-state index contributed by atoms with van der Waals surface area (Å²) in [7, 11) is 0. The average Bonchev–Trinajstić information content (AvgIpc) is 2.91. The highest BCUT2D eigenvalue weighted by Crippen LogP contribution is 2.41. The molecule has 4 nitrogen and oxygen atoms in total. The van der Waals surface area contributed by atoms with E-state index in [0.717, 1.165) is 18.8 Å². The van der Waals surface area contributed by atoms with Crippen LogP contribution in [0.3, 0.4) is 0 Å². The Morgan fingerprint density at radius 2 is 1.23 bits per heavy atom. The van der Waals surface area contributed by atoms with Crippen molar-refractivity contribution in [2.75, 3.05) is 19.8 Å². The number of benzene rings is 2. The Labute approximate surface area is 227 Å². The molecule has 2 atom stereocenters. The van der Waals surface area contributed by atoms with E-state index >= 15 is 0 Å². The Hall–Kier alpha value is -2.37. The van der Waals surface area contributed by atoms with Gasteiger partial charge in [-0.2, -0.15) is 8.78 Å². The zero-order valence-corrected chi connectivity index (χ0v) is 21.9. The van der Waals surface area contributed by atoms with Crippen LogP contribution in [-0.2, 0) is 20.3 Å². The first-order chi connectivity index (χ1) is 19.0. The Morgan fingerprint density at radius 1 is 0.675 bits per heavy atom. The molecule has 2 aromatic carbocycles. The van der Waals surface area contributed by atoms with Crippen molar-refractivity contribution in [3.05, 3.63) is 64.5 Å². The molecule has 2 saturated heterocycles. The molecular formula is C29H31F7O4. The number of ether oxygens (including phenoxy) is 4. The van der Waals surface area contributed by atoms with E-state index in [9.17, 15) is 30.7 Å². The van der Waals surface area contributed by atoms with Crippen molar-refractivity contribution in [3.8, 4) is 5.75 Å². The number of alkyl halides is 2.